The number of hydrogen-bond donors (Lipinski definition) is 0. The van der Waals surface area contributed by atoms with Crippen LogP contribution in [0, 0.1) is 17.0 Å². The van der Waals surface area contributed by atoms with E-state index in [2.05, 4.69) is 0 Å². The maximum Gasteiger partial charge on any atom is 0.338 e. The van der Waals surface area contributed by atoms with E-state index in [-0.39, 0.29) is 24.5 Å². The van der Waals surface area contributed by atoms with Crippen LogP contribution in [0.4, 0.5) is 5.69 Å². The quantitative estimate of drug-likeness (QED) is 0.147. The van der Waals surface area contributed by atoms with Gasteiger partial charge in [-0.05, 0) is 36.3 Å². The van der Waals surface area contributed by atoms with Gasteiger partial charge in [0.15, 0.2) is 5.78 Å². The van der Waals surface area contributed by atoms with E-state index in [0.717, 1.165) is 11.6 Å². The molecular formula is C21H18ClNO7. The van der Waals surface area contributed by atoms with Gasteiger partial charge in [0.2, 0.25) is 0 Å². The molecule has 0 atom stereocenters. The number of allylic oxidation sites excluding steroid dienone is 1. The molecule has 2 aromatic rings. The van der Waals surface area contributed by atoms with Gasteiger partial charge in [0.1, 0.15) is 19.6 Å². The lowest BCUT2D eigenvalue weighted by molar-refractivity contribution is -0.384. The first-order valence-corrected chi connectivity index (χ1v) is 9.18. The van der Waals surface area contributed by atoms with E-state index in [1.807, 2.05) is 0 Å². The summed E-state index contributed by atoms with van der Waals surface area (Å²) in [6, 6.07) is 10.5. The molecular weight excluding hydrogens is 414 g/mol. The smallest absolute Gasteiger partial charge is 0.338 e. The molecule has 0 radical (unpaired) electrons. The first kappa shape index (κ1) is 22.8. The van der Waals surface area contributed by atoms with Crippen molar-refractivity contribution >= 4 is 41.1 Å². The second-order valence-electron chi connectivity index (χ2n) is 6.15. The summed E-state index contributed by atoms with van der Waals surface area (Å²) in [7, 11) is 0. The van der Waals surface area contributed by atoms with Crippen LogP contribution >= 0.6 is 11.6 Å². The van der Waals surface area contributed by atoms with Gasteiger partial charge in [-0.2, -0.15) is 0 Å². The summed E-state index contributed by atoms with van der Waals surface area (Å²) < 4.78 is 9.84. The van der Waals surface area contributed by atoms with Gasteiger partial charge in [0.25, 0.3) is 5.69 Å². The molecule has 0 aliphatic rings. The number of hydrogen-bond acceptors (Lipinski definition) is 7. The number of rotatable bonds is 9. The number of nitrogens with zero attached hydrogens (tertiary/aromatic N) is 1. The molecule has 0 spiro atoms. The van der Waals surface area contributed by atoms with Crippen molar-refractivity contribution in [1.29, 1.82) is 0 Å². The molecule has 0 fully saturated rings. The highest BCUT2D eigenvalue weighted by molar-refractivity contribution is 6.31. The number of halogens is 1. The number of nitro groups is 1. The van der Waals surface area contributed by atoms with Crippen LogP contribution in [-0.4, -0.2) is 35.9 Å². The summed E-state index contributed by atoms with van der Waals surface area (Å²) in [5.41, 5.74) is 1.45. The Morgan fingerprint density at radius 3 is 2.53 bits per heavy atom. The van der Waals surface area contributed by atoms with Crippen molar-refractivity contribution in [3.63, 3.8) is 0 Å². The first-order chi connectivity index (χ1) is 14.3. The van der Waals surface area contributed by atoms with E-state index in [1.54, 1.807) is 25.1 Å². The highest BCUT2D eigenvalue weighted by atomic mass is 35.5. The van der Waals surface area contributed by atoms with Gasteiger partial charge >= 0.3 is 11.9 Å². The van der Waals surface area contributed by atoms with Gasteiger partial charge in [-0.1, -0.05) is 35.9 Å². The highest BCUT2D eigenvalue weighted by Gasteiger charge is 2.11. The molecule has 0 aliphatic carbocycles. The molecule has 2 rings (SSSR count). The molecule has 0 unspecified atom stereocenters. The summed E-state index contributed by atoms with van der Waals surface area (Å²) in [6.45, 7) is 1.43. The number of carbonyl (C=O) groups excluding carboxylic acids is 3. The van der Waals surface area contributed by atoms with Gasteiger partial charge in [0, 0.05) is 17.2 Å². The average molecular weight is 432 g/mol. The van der Waals surface area contributed by atoms with E-state index >= 15 is 0 Å². The van der Waals surface area contributed by atoms with Crippen molar-refractivity contribution < 1.29 is 28.8 Å². The number of ether oxygens (including phenoxy) is 2. The topological polar surface area (TPSA) is 113 Å². The van der Waals surface area contributed by atoms with Crippen molar-refractivity contribution in [3.05, 3.63) is 80.4 Å². The third-order valence-corrected chi connectivity index (χ3v) is 4.26. The van der Waals surface area contributed by atoms with Gasteiger partial charge in [-0.15, -0.1) is 0 Å². The Balaban J connectivity index is 1.73. The number of non-ortho nitro benzene ring substituents is 1. The summed E-state index contributed by atoms with van der Waals surface area (Å²) in [5.74, 6) is -1.92. The van der Waals surface area contributed by atoms with Crippen molar-refractivity contribution in [2.75, 3.05) is 13.2 Å². The fourth-order valence-corrected chi connectivity index (χ4v) is 2.46. The van der Waals surface area contributed by atoms with E-state index in [4.69, 9.17) is 21.1 Å². The minimum atomic E-state index is -0.780. The Bertz CT molecular complexity index is 1000. The molecule has 0 aliphatic heterocycles. The lowest BCUT2D eigenvalue weighted by atomic mass is 10.1. The standard InChI is InChI=1S/C21H18ClNO7/c1-14-5-7-16(12-19(14)22)21(26)30-10-9-29-20(25)13-18(24)8-6-15-3-2-4-17(11-15)23(27)28/h2-8,11-12H,9-10,13H2,1H3. The lowest BCUT2D eigenvalue weighted by Gasteiger charge is -2.07. The fraction of sp³-hybridized carbons (Fsp3) is 0.190. The molecule has 0 heterocycles. The zero-order valence-corrected chi connectivity index (χ0v) is 16.8. The van der Waals surface area contributed by atoms with Crippen LogP contribution in [0.5, 0.6) is 0 Å². The highest BCUT2D eigenvalue weighted by Crippen LogP contribution is 2.17. The van der Waals surface area contributed by atoms with Gasteiger partial charge in [0.05, 0.1) is 10.5 Å². The maximum atomic E-state index is 11.9. The predicted molar refractivity (Wildman–Crippen MR) is 109 cm³/mol. The van der Waals surface area contributed by atoms with Crippen molar-refractivity contribution in [3.8, 4) is 0 Å². The maximum absolute atomic E-state index is 11.9. The SMILES string of the molecule is Cc1ccc(C(=O)OCCOC(=O)CC(=O)C=Cc2cccc([N+](=O)[O-])c2)cc1Cl. The zero-order valence-electron chi connectivity index (χ0n) is 16.0. The summed E-state index contributed by atoms with van der Waals surface area (Å²) in [5, 5.41) is 11.2. The third-order valence-electron chi connectivity index (χ3n) is 3.85. The molecule has 0 saturated carbocycles. The van der Waals surface area contributed by atoms with E-state index < -0.39 is 29.1 Å². The van der Waals surface area contributed by atoms with Gasteiger partial charge in [-0.3, -0.25) is 19.7 Å². The van der Waals surface area contributed by atoms with Crippen molar-refractivity contribution in [2.24, 2.45) is 0 Å². The molecule has 2 aromatic carbocycles. The third kappa shape index (κ3) is 7.14. The van der Waals surface area contributed by atoms with E-state index in [1.165, 1.54) is 30.3 Å². The van der Waals surface area contributed by atoms with Gasteiger partial charge < -0.3 is 9.47 Å². The van der Waals surface area contributed by atoms with Crippen molar-refractivity contribution in [1.82, 2.24) is 0 Å². The second-order valence-corrected chi connectivity index (χ2v) is 6.56. The Morgan fingerprint density at radius 1 is 1.10 bits per heavy atom. The lowest BCUT2D eigenvalue weighted by Crippen LogP contribution is -2.15. The molecule has 9 heteroatoms. The molecule has 0 aromatic heterocycles. The van der Waals surface area contributed by atoms with Crippen LogP contribution < -0.4 is 0 Å². The Kier molecular flexibility index (Phi) is 8.25. The Hall–Kier alpha value is -3.52. The second kappa shape index (κ2) is 10.9. The predicted octanol–water partition coefficient (Wildman–Crippen LogP) is 3.93. The fourth-order valence-electron chi connectivity index (χ4n) is 2.28. The molecule has 8 nitrogen and oxygen atoms in total. The largest absolute Gasteiger partial charge is 0.462 e. The molecule has 0 amide bonds. The number of nitro benzene ring substituents is 1. The zero-order chi connectivity index (χ0) is 22.1. The average Bonchev–Trinajstić information content (AvgIpc) is 2.71. The van der Waals surface area contributed by atoms with Crippen LogP contribution in [0.15, 0.2) is 48.5 Å². The minimum Gasteiger partial charge on any atom is -0.462 e. The number of esters is 2. The monoisotopic (exact) mass is 431 g/mol. The molecule has 0 saturated heterocycles. The van der Waals surface area contributed by atoms with Crippen LogP contribution in [0.2, 0.25) is 5.02 Å². The minimum absolute atomic E-state index is 0.105. The number of benzene rings is 2. The number of aryl methyl sites for hydroxylation is 1. The Labute approximate surface area is 177 Å². The van der Waals surface area contributed by atoms with Crippen LogP contribution in [0.1, 0.15) is 27.9 Å². The van der Waals surface area contributed by atoms with E-state index in [9.17, 15) is 24.5 Å². The normalized spacial score (nSPS) is 10.6. The van der Waals surface area contributed by atoms with Crippen LogP contribution in [-0.2, 0) is 19.1 Å². The van der Waals surface area contributed by atoms with Gasteiger partial charge in [-0.25, -0.2) is 4.79 Å². The summed E-state index contributed by atoms with van der Waals surface area (Å²) in [6.07, 6.45) is 2.01. The number of ketones is 1. The van der Waals surface area contributed by atoms with Crippen molar-refractivity contribution in [2.45, 2.75) is 13.3 Å². The summed E-state index contributed by atoms with van der Waals surface area (Å²) in [4.78, 5) is 45.6. The molecule has 156 valence electrons. The molecule has 30 heavy (non-hydrogen) atoms. The molecule has 0 N–H and O–H groups in total. The molecule has 0 bridgehead atoms. The first-order valence-electron chi connectivity index (χ1n) is 8.80. The Morgan fingerprint density at radius 2 is 1.83 bits per heavy atom. The van der Waals surface area contributed by atoms with E-state index in [0.29, 0.717) is 10.6 Å². The number of carbonyl (C=O) groups is 3. The van der Waals surface area contributed by atoms with Crippen LogP contribution in [0.25, 0.3) is 6.08 Å². The summed E-state index contributed by atoms with van der Waals surface area (Å²) >= 11 is 5.95. The van der Waals surface area contributed by atoms with Crippen LogP contribution in [0.3, 0.4) is 0 Å².